The second-order valence-corrected chi connectivity index (χ2v) is 9.28. The monoisotopic (exact) mass is 460 g/mol. The van der Waals surface area contributed by atoms with Gasteiger partial charge in [-0.15, -0.1) is 0 Å². The van der Waals surface area contributed by atoms with Gasteiger partial charge in [0.1, 0.15) is 0 Å². The van der Waals surface area contributed by atoms with Crippen LogP contribution in [0.3, 0.4) is 0 Å². The van der Waals surface area contributed by atoms with Gasteiger partial charge in [0.25, 0.3) is 0 Å². The van der Waals surface area contributed by atoms with Crippen LogP contribution in [0.25, 0.3) is 0 Å². The number of piperazine rings is 1. The number of para-hydroxylation sites is 1. The van der Waals surface area contributed by atoms with Crippen LogP contribution in [-0.2, 0) is 24.2 Å². The number of ether oxygens (including phenoxy) is 1. The van der Waals surface area contributed by atoms with Crippen LogP contribution >= 0.6 is 0 Å². The van der Waals surface area contributed by atoms with Gasteiger partial charge in [-0.2, -0.15) is 8.78 Å². The van der Waals surface area contributed by atoms with Gasteiger partial charge in [-0.25, -0.2) is 8.42 Å². The van der Waals surface area contributed by atoms with Crippen molar-refractivity contribution in [3.63, 3.8) is 0 Å². The van der Waals surface area contributed by atoms with E-state index in [1.165, 1.54) is 18.2 Å². The van der Waals surface area contributed by atoms with Gasteiger partial charge >= 0.3 is 5.76 Å². The number of hydrogen-bond donors (Lipinski definition) is 1. The summed E-state index contributed by atoms with van der Waals surface area (Å²) in [5.74, 6) is -4.05. The minimum Gasteiger partial charge on any atom is -0.379 e. The van der Waals surface area contributed by atoms with Crippen LogP contribution in [0.4, 0.5) is 14.5 Å². The van der Waals surface area contributed by atoms with E-state index in [0.717, 1.165) is 19.2 Å². The maximum absolute atomic E-state index is 12.9. The number of carbonyl (C=O) groups excluding carboxylic acids is 2. The molecule has 3 rings (SSSR count). The molecule has 0 radical (unpaired) electrons. The molecule has 0 saturated carbocycles. The lowest BCUT2D eigenvalue weighted by atomic mass is 10.2. The first kappa shape index (κ1) is 23.5. The molecule has 12 heteroatoms. The van der Waals surface area contributed by atoms with Crippen molar-refractivity contribution in [3.8, 4) is 0 Å². The number of hydrogen-bond acceptors (Lipinski definition) is 7. The summed E-state index contributed by atoms with van der Waals surface area (Å²) in [7, 11) is -4.83. The highest BCUT2D eigenvalue weighted by Gasteiger charge is 2.30. The van der Waals surface area contributed by atoms with Crippen molar-refractivity contribution in [2.24, 2.45) is 0 Å². The van der Waals surface area contributed by atoms with Crippen LogP contribution in [-0.4, -0.2) is 106 Å². The number of anilines is 1. The molecule has 0 spiro atoms. The fourth-order valence-electron chi connectivity index (χ4n) is 3.51. The molecular formula is C19H26F2N4O5S. The molecule has 9 nitrogen and oxygen atoms in total. The van der Waals surface area contributed by atoms with Gasteiger partial charge in [0.05, 0.1) is 36.9 Å². The summed E-state index contributed by atoms with van der Waals surface area (Å²) in [4.78, 5) is 29.9. The summed E-state index contributed by atoms with van der Waals surface area (Å²) in [6.45, 7) is 4.95. The number of benzene rings is 1. The summed E-state index contributed by atoms with van der Waals surface area (Å²) in [5, 5.41) is 2.41. The maximum atomic E-state index is 12.9. The molecule has 31 heavy (non-hydrogen) atoms. The zero-order chi connectivity index (χ0) is 22.4. The Kier molecular flexibility index (Phi) is 7.92. The number of halogens is 2. The molecule has 2 heterocycles. The Morgan fingerprint density at radius 2 is 1.58 bits per heavy atom. The average Bonchev–Trinajstić information content (AvgIpc) is 2.75. The summed E-state index contributed by atoms with van der Waals surface area (Å²) < 4.78 is 54.7. The molecule has 1 N–H and O–H groups in total. The summed E-state index contributed by atoms with van der Waals surface area (Å²) in [5.41, 5.74) is -0.174. The highest BCUT2D eigenvalue weighted by atomic mass is 32.2. The second-order valence-electron chi connectivity index (χ2n) is 7.40. The molecule has 1 aromatic rings. The van der Waals surface area contributed by atoms with E-state index in [0.29, 0.717) is 45.9 Å². The Hall–Kier alpha value is -2.15. The van der Waals surface area contributed by atoms with E-state index in [-0.39, 0.29) is 18.1 Å². The Morgan fingerprint density at radius 3 is 2.23 bits per heavy atom. The number of rotatable bonds is 7. The molecule has 2 saturated heterocycles. The lowest BCUT2D eigenvalue weighted by Gasteiger charge is -2.36. The Morgan fingerprint density at radius 1 is 0.968 bits per heavy atom. The molecular weight excluding hydrogens is 434 g/mol. The lowest BCUT2D eigenvalue weighted by Crippen LogP contribution is -2.53. The number of morpholine rings is 1. The normalized spacial score (nSPS) is 18.9. The van der Waals surface area contributed by atoms with Gasteiger partial charge in [-0.1, -0.05) is 12.1 Å². The molecule has 2 aliphatic rings. The maximum Gasteiger partial charge on any atom is 0.341 e. The molecule has 1 aromatic carbocycles. The Balaban J connectivity index is 1.49. The molecule has 0 aromatic heterocycles. The van der Waals surface area contributed by atoms with Gasteiger partial charge in [-0.05, 0) is 12.1 Å². The van der Waals surface area contributed by atoms with Crippen LogP contribution in [0, 0.1) is 0 Å². The van der Waals surface area contributed by atoms with Crippen molar-refractivity contribution < 1.29 is 31.5 Å². The third-order valence-electron chi connectivity index (χ3n) is 5.26. The minimum absolute atomic E-state index is 0.0332. The fraction of sp³-hybridized carbons (Fsp3) is 0.579. The molecule has 172 valence electrons. The molecule has 0 unspecified atom stereocenters. The summed E-state index contributed by atoms with van der Waals surface area (Å²) in [6, 6.07) is 5.09. The SMILES string of the molecule is O=C(CN1CCN(C(=O)CN2CCOCC2)CC1)Nc1ccccc1S(=O)(=O)C(F)F. The molecule has 0 bridgehead atoms. The zero-order valence-electron chi connectivity index (χ0n) is 17.0. The van der Waals surface area contributed by atoms with Crippen LogP contribution in [0.1, 0.15) is 0 Å². The number of nitrogens with zero attached hydrogens (tertiary/aromatic N) is 3. The van der Waals surface area contributed by atoms with Gasteiger partial charge in [0.15, 0.2) is 0 Å². The molecule has 2 fully saturated rings. The van der Waals surface area contributed by atoms with Gasteiger partial charge in [-0.3, -0.25) is 19.4 Å². The lowest BCUT2D eigenvalue weighted by molar-refractivity contribution is -0.135. The average molecular weight is 461 g/mol. The van der Waals surface area contributed by atoms with Crippen LogP contribution < -0.4 is 5.32 Å². The highest BCUT2D eigenvalue weighted by Crippen LogP contribution is 2.26. The number of sulfone groups is 1. The third-order valence-corrected chi connectivity index (χ3v) is 6.70. The van der Waals surface area contributed by atoms with Crippen molar-refractivity contribution in [1.29, 1.82) is 0 Å². The van der Waals surface area contributed by atoms with Crippen molar-refractivity contribution >= 4 is 27.3 Å². The Bertz CT molecular complexity index is 885. The third kappa shape index (κ3) is 6.19. The van der Waals surface area contributed by atoms with E-state index >= 15 is 0 Å². The van der Waals surface area contributed by atoms with Crippen LogP contribution in [0.2, 0.25) is 0 Å². The standard InChI is InChI=1S/C19H26F2N4O5S/c20-19(21)31(28,29)16-4-2-1-3-15(16)22-17(26)13-23-5-7-25(8-6-23)18(27)14-24-9-11-30-12-10-24/h1-4,19H,5-14H2,(H,22,26). The topological polar surface area (TPSA) is 99.3 Å². The van der Waals surface area contributed by atoms with Gasteiger partial charge in [0.2, 0.25) is 21.7 Å². The van der Waals surface area contributed by atoms with E-state index < -0.39 is 26.4 Å². The highest BCUT2D eigenvalue weighted by molar-refractivity contribution is 7.91. The number of alkyl halides is 2. The van der Waals surface area contributed by atoms with Gasteiger partial charge in [0, 0.05) is 39.3 Å². The molecule has 0 aliphatic carbocycles. The quantitative estimate of drug-likeness (QED) is 0.616. The van der Waals surface area contributed by atoms with E-state index in [1.807, 2.05) is 4.90 Å². The van der Waals surface area contributed by atoms with Crippen molar-refractivity contribution in [2.45, 2.75) is 10.7 Å². The summed E-state index contributed by atoms with van der Waals surface area (Å²) >= 11 is 0. The summed E-state index contributed by atoms with van der Waals surface area (Å²) in [6.07, 6.45) is 0. The smallest absolute Gasteiger partial charge is 0.341 e. The van der Waals surface area contributed by atoms with Crippen molar-refractivity contribution in [1.82, 2.24) is 14.7 Å². The van der Waals surface area contributed by atoms with E-state index in [1.54, 1.807) is 4.90 Å². The first-order valence-corrected chi connectivity index (χ1v) is 11.5. The zero-order valence-corrected chi connectivity index (χ0v) is 17.8. The number of amides is 2. The Labute approximate surface area is 179 Å². The molecule has 2 aliphatic heterocycles. The molecule has 2 amide bonds. The largest absolute Gasteiger partial charge is 0.379 e. The van der Waals surface area contributed by atoms with E-state index in [4.69, 9.17) is 4.74 Å². The predicted molar refractivity (Wildman–Crippen MR) is 109 cm³/mol. The molecule has 0 atom stereocenters. The van der Waals surface area contributed by atoms with E-state index in [9.17, 15) is 26.8 Å². The van der Waals surface area contributed by atoms with Crippen LogP contribution in [0.5, 0.6) is 0 Å². The van der Waals surface area contributed by atoms with Crippen LogP contribution in [0.15, 0.2) is 29.2 Å². The number of carbonyl (C=O) groups is 2. The van der Waals surface area contributed by atoms with Gasteiger partial charge < -0.3 is 15.0 Å². The minimum atomic E-state index is -4.83. The predicted octanol–water partition coefficient (Wildman–Crippen LogP) is 0.0978. The van der Waals surface area contributed by atoms with Crippen molar-refractivity contribution in [2.75, 3.05) is 70.9 Å². The number of nitrogens with one attached hydrogen (secondary N) is 1. The first-order chi connectivity index (χ1) is 14.8. The van der Waals surface area contributed by atoms with Crippen molar-refractivity contribution in [3.05, 3.63) is 24.3 Å². The van der Waals surface area contributed by atoms with E-state index in [2.05, 4.69) is 10.2 Å². The first-order valence-electron chi connectivity index (χ1n) is 9.98. The second kappa shape index (κ2) is 10.4. The fourth-order valence-corrected chi connectivity index (χ4v) is 4.40.